The van der Waals surface area contributed by atoms with Gasteiger partial charge in [0.1, 0.15) is 6.33 Å². The highest BCUT2D eigenvalue weighted by molar-refractivity contribution is 5.96. The van der Waals surface area contributed by atoms with Crippen molar-refractivity contribution < 1.29 is 9.53 Å². The number of aromatic nitrogens is 3. The van der Waals surface area contributed by atoms with Gasteiger partial charge in [-0.2, -0.15) is 0 Å². The van der Waals surface area contributed by atoms with Crippen LogP contribution in [-0.2, 0) is 13.6 Å². The molecule has 19 heavy (non-hydrogen) atoms. The van der Waals surface area contributed by atoms with Gasteiger partial charge in [0.2, 0.25) is 0 Å². The molecule has 0 saturated carbocycles. The van der Waals surface area contributed by atoms with Crippen LogP contribution in [0, 0.1) is 0 Å². The van der Waals surface area contributed by atoms with Crippen LogP contribution in [0.3, 0.4) is 0 Å². The van der Waals surface area contributed by atoms with Crippen LogP contribution in [0.15, 0.2) is 23.4 Å². The van der Waals surface area contributed by atoms with E-state index in [4.69, 9.17) is 4.74 Å². The lowest BCUT2D eigenvalue weighted by Gasteiger charge is -2.12. The molecule has 0 unspecified atom stereocenters. The molecule has 98 valence electrons. The number of fused-ring (bicyclic) bond motifs is 1. The topological polar surface area (TPSA) is 78.2 Å². The molecule has 0 aliphatic carbocycles. The van der Waals surface area contributed by atoms with Crippen molar-refractivity contribution in [2.45, 2.75) is 6.54 Å². The van der Waals surface area contributed by atoms with Crippen LogP contribution >= 0.6 is 0 Å². The van der Waals surface area contributed by atoms with E-state index in [0.29, 0.717) is 23.7 Å². The summed E-state index contributed by atoms with van der Waals surface area (Å²) in [5.41, 5.74) is 1.55. The second kappa shape index (κ2) is 3.98. The number of nitrogens with zero attached hydrogens (tertiary/aromatic N) is 3. The summed E-state index contributed by atoms with van der Waals surface area (Å²) in [4.78, 5) is 27.3. The minimum atomic E-state index is -0.198. The number of rotatable bonds is 2. The third-order valence-electron chi connectivity index (χ3n) is 3.15. The van der Waals surface area contributed by atoms with E-state index in [1.54, 1.807) is 17.8 Å². The van der Waals surface area contributed by atoms with E-state index in [9.17, 15) is 9.59 Å². The minimum absolute atomic E-state index is 0.157. The van der Waals surface area contributed by atoms with E-state index in [2.05, 4.69) is 10.3 Å². The number of amides is 1. The lowest BCUT2D eigenvalue weighted by molar-refractivity contribution is 0.0961. The van der Waals surface area contributed by atoms with E-state index in [-0.39, 0.29) is 11.5 Å². The van der Waals surface area contributed by atoms with Crippen molar-refractivity contribution in [2.24, 2.45) is 7.05 Å². The normalized spacial score (nSPS) is 13.3. The molecule has 2 aromatic heterocycles. The Morgan fingerprint density at radius 2 is 2.21 bits per heavy atom. The summed E-state index contributed by atoms with van der Waals surface area (Å²) in [5, 5.41) is 2.69. The molecule has 0 spiro atoms. The van der Waals surface area contributed by atoms with Gasteiger partial charge in [-0.1, -0.05) is 0 Å². The van der Waals surface area contributed by atoms with Crippen molar-refractivity contribution in [1.82, 2.24) is 19.4 Å². The van der Waals surface area contributed by atoms with Crippen molar-refractivity contribution in [3.8, 4) is 11.4 Å². The van der Waals surface area contributed by atoms with Crippen LogP contribution in [-0.4, -0.2) is 27.1 Å². The Morgan fingerprint density at radius 1 is 1.42 bits per heavy atom. The Balaban J connectivity index is 2.23. The number of nitrogens with one attached hydrogen (secondary N) is 1. The fourth-order valence-corrected chi connectivity index (χ4v) is 2.13. The largest absolute Gasteiger partial charge is 0.493 e. The molecular formula is C12H12N4O3. The van der Waals surface area contributed by atoms with Gasteiger partial charge in [-0.25, -0.2) is 4.98 Å². The van der Waals surface area contributed by atoms with Crippen molar-refractivity contribution >= 4 is 5.91 Å². The van der Waals surface area contributed by atoms with Crippen LogP contribution in [0.25, 0.3) is 5.69 Å². The van der Waals surface area contributed by atoms with E-state index >= 15 is 0 Å². The summed E-state index contributed by atoms with van der Waals surface area (Å²) < 4.78 is 8.41. The molecule has 1 N–H and O–H groups in total. The van der Waals surface area contributed by atoms with Gasteiger partial charge < -0.3 is 14.6 Å². The molecule has 1 aliphatic heterocycles. The van der Waals surface area contributed by atoms with Crippen LogP contribution in [0.2, 0.25) is 0 Å². The standard InChI is InChI=1S/C12H12N4O3/c1-15-5-9(19-2)7(3-10(15)17)16-6-14-11-8(16)4-13-12(11)18/h3,5-6H,4H2,1-2H3,(H,13,18). The van der Waals surface area contributed by atoms with Gasteiger partial charge in [-0.3, -0.25) is 14.2 Å². The Labute approximate surface area is 108 Å². The van der Waals surface area contributed by atoms with E-state index in [1.165, 1.54) is 24.1 Å². The van der Waals surface area contributed by atoms with Gasteiger partial charge in [0.05, 0.1) is 31.2 Å². The van der Waals surface area contributed by atoms with E-state index < -0.39 is 0 Å². The average Bonchev–Trinajstić information content (AvgIpc) is 2.96. The molecule has 7 nitrogen and oxygen atoms in total. The molecule has 1 amide bonds. The lowest BCUT2D eigenvalue weighted by Crippen LogP contribution is -2.18. The van der Waals surface area contributed by atoms with Gasteiger partial charge in [0, 0.05) is 13.1 Å². The van der Waals surface area contributed by atoms with Gasteiger partial charge in [-0.15, -0.1) is 0 Å². The first kappa shape index (κ1) is 11.5. The highest BCUT2D eigenvalue weighted by Gasteiger charge is 2.26. The third-order valence-corrected chi connectivity index (χ3v) is 3.15. The smallest absolute Gasteiger partial charge is 0.272 e. The number of carbonyl (C=O) groups excluding carboxylic acids is 1. The van der Waals surface area contributed by atoms with Gasteiger partial charge in [-0.05, 0) is 0 Å². The number of imidazole rings is 1. The van der Waals surface area contributed by atoms with Gasteiger partial charge in [0.25, 0.3) is 11.5 Å². The summed E-state index contributed by atoms with van der Waals surface area (Å²) in [6, 6.07) is 1.46. The summed E-state index contributed by atoms with van der Waals surface area (Å²) in [7, 11) is 3.18. The molecule has 2 aromatic rings. The molecule has 0 saturated heterocycles. The molecule has 3 heterocycles. The fraction of sp³-hybridized carbons (Fsp3) is 0.250. The number of carbonyl (C=O) groups is 1. The average molecular weight is 260 g/mol. The molecule has 0 atom stereocenters. The number of hydrogen-bond acceptors (Lipinski definition) is 4. The number of aryl methyl sites for hydroxylation is 1. The summed E-state index contributed by atoms with van der Waals surface area (Å²) in [6.45, 7) is 0.395. The molecule has 3 rings (SSSR count). The quantitative estimate of drug-likeness (QED) is 0.812. The van der Waals surface area contributed by atoms with Crippen LogP contribution in [0.1, 0.15) is 16.2 Å². The summed E-state index contributed by atoms with van der Waals surface area (Å²) >= 11 is 0. The maximum atomic E-state index is 11.8. The molecule has 0 fully saturated rings. The van der Waals surface area contributed by atoms with Crippen LogP contribution in [0.4, 0.5) is 0 Å². The number of hydrogen-bond donors (Lipinski definition) is 1. The molecule has 1 aliphatic rings. The third kappa shape index (κ3) is 1.62. The second-order valence-electron chi connectivity index (χ2n) is 4.27. The number of ether oxygens (including phenoxy) is 1. The zero-order valence-electron chi connectivity index (χ0n) is 10.5. The lowest BCUT2D eigenvalue weighted by atomic mass is 10.3. The zero-order chi connectivity index (χ0) is 13.6. The SMILES string of the molecule is COc1cn(C)c(=O)cc1-n1cnc2c1CNC2=O. The Kier molecular flexibility index (Phi) is 2.41. The predicted molar refractivity (Wildman–Crippen MR) is 66.5 cm³/mol. The Morgan fingerprint density at radius 3 is 2.95 bits per heavy atom. The van der Waals surface area contributed by atoms with Crippen molar-refractivity contribution in [3.63, 3.8) is 0 Å². The summed E-state index contributed by atoms with van der Waals surface area (Å²) in [5.74, 6) is 0.346. The minimum Gasteiger partial charge on any atom is -0.493 e. The van der Waals surface area contributed by atoms with Gasteiger partial charge in [0.15, 0.2) is 11.4 Å². The number of pyridine rings is 1. The molecule has 0 bridgehead atoms. The maximum Gasteiger partial charge on any atom is 0.272 e. The van der Waals surface area contributed by atoms with Crippen LogP contribution in [0.5, 0.6) is 5.75 Å². The van der Waals surface area contributed by atoms with E-state index in [1.807, 2.05) is 0 Å². The van der Waals surface area contributed by atoms with Crippen molar-refractivity contribution in [2.75, 3.05) is 7.11 Å². The first-order valence-electron chi connectivity index (χ1n) is 5.71. The highest BCUT2D eigenvalue weighted by Crippen LogP contribution is 2.24. The molecular weight excluding hydrogens is 248 g/mol. The maximum absolute atomic E-state index is 11.8. The van der Waals surface area contributed by atoms with Crippen LogP contribution < -0.4 is 15.6 Å². The predicted octanol–water partition coefficient (Wildman–Crippen LogP) is -0.177. The first-order valence-corrected chi connectivity index (χ1v) is 5.71. The number of methoxy groups -OCH3 is 1. The van der Waals surface area contributed by atoms with Crippen molar-refractivity contribution in [3.05, 3.63) is 40.3 Å². The first-order chi connectivity index (χ1) is 9.11. The highest BCUT2D eigenvalue weighted by atomic mass is 16.5. The zero-order valence-corrected chi connectivity index (χ0v) is 10.5. The Hall–Kier alpha value is -2.57. The fourth-order valence-electron chi connectivity index (χ4n) is 2.13. The molecule has 0 aromatic carbocycles. The van der Waals surface area contributed by atoms with Gasteiger partial charge >= 0.3 is 0 Å². The molecule has 0 radical (unpaired) electrons. The molecule has 7 heteroatoms. The van der Waals surface area contributed by atoms with Crippen molar-refractivity contribution in [1.29, 1.82) is 0 Å². The summed E-state index contributed by atoms with van der Waals surface area (Å²) in [6.07, 6.45) is 3.13. The second-order valence-corrected chi connectivity index (χ2v) is 4.27. The Bertz CT molecular complexity index is 729. The van der Waals surface area contributed by atoms with E-state index in [0.717, 1.165) is 5.69 Å². The monoisotopic (exact) mass is 260 g/mol.